The van der Waals surface area contributed by atoms with Crippen LogP contribution in [-0.2, 0) is 19.1 Å². The number of nitrogens with two attached hydrogens (primary N) is 1. The average molecular weight is 401 g/mol. The van der Waals surface area contributed by atoms with E-state index < -0.39 is 16.1 Å². The molecule has 0 spiro atoms. The maximum Gasteiger partial charge on any atom is 0.322 e. The summed E-state index contributed by atoms with van der Waals surface area (Å²) in [6.45, 7) is 2.22. The molecule has 7 heteroatoms. The summed E-state index contributed by atoms with van der Waals surface area (Å²) < 4.78 is 27.0. The summed E-state index contributed by atoms with van der Waals surface area (Å²) in [5.41, 5.74) is 5.15. The second-order valence-corrected chi connectivity index (χ2v) is 8.54. The van der Waals surface area contributed by atoms with Gasteiger partial charge in [0.15, 0.2) is 0 Å². The van der Waals surface area contributed by atoms with E-state index in [2.05, 4.69) is 11.1 Å². The monoisotopic (exact) mass is 400 g/mol. The first-order valence-corrected chi connectivity index (χ1v) is 11.7. The maximum atomic E-state index is 11.4. The van der Waals surface area contributed by atoms with Gasteiger partial charge in [0.1, 0.15) is 0 Å². The zero-order valence-corrected chi connectivity index (χ0v) is 20.0. The third-order valence-corrected chi connectivity index (χ3v) is 5.50. The van der Waals surface area contributed by atoms with Gasteiger partial charge in [-0.15, -0.1) is 0 Å². The molecule has 0 fully saturated rings. The number of hydrogen-bond donors (Lipinski definition) is 1. The van der Waals surface area contributed by atoms with Crippen LogP contribution in [-0.4, -0.2) is 56.2 Å². The number of carbonyl (C=O) groups is 1. The predicted molar refractivity (Wildman–Crippen MR) is 110 cm³/mol. The molecule has 0 aliphatic heterocycles. The van der Waals surface area contributed by atoms with Crippen molar-refractivity contribution in [2.45, 2.75) is 103 Å². The van der Waals surface area contributed by atoms with Gasteiger partial charge in [-0.05, 0) is 6.42 Å². The second kappa shape index (κ2) is 20.1. The zero-order valence-electron chi connectivity index (χ0n) is 17.1. The molecule has 0 bridgehead atoms. The van der Waals surface area contributed by atoms with Crippen molar-refractivity contribution in [3.63, 3.8) is 0 Å². The number of rotatable bonds is 18. The van der Waals surface area contributed by atoms with Gasteiger partial charge in [-0.2, -0.15) is 8.42 Å². The molecule has 0 rings (SSSR count). The van der Waals surface area contributed by atoms with Crippen LogP contribution in [0.25, 0.3) is 0 Å². The van der Waals surface area contributed by atoms with Crippen LogP contribution >= 0.6 is 0 Å². The Morgan fingerprint density at radius 2 is 1.15 bits per heavy atom. The van der Waals surface area contributed by atoms with Gasteiger partial charge in [-0.3, -0.25) is 4.79 Å². The fourth-order valence-electron chi connectivity index (χ4n) is 2.83. The van der Waals surface area contributed by atoms with E-state index in [-0.39, 0.29) is 48.3 Å². The molecule has 1 radical (unpaired) electrons. The topological polar surface area (TPSA) is 86.5 Å². The smallest absolute Gasteiger partial charge is 0.322 e. The van der Waals surface area contributed by atoms with Crippen molar-refractivity contribution in [2.75, 3.05) is 12.3 Å². The SMILES string of the molecule is CCCCCCCCCCCCCCCCC(=O)OS(=O)(=O)CCN.[Na]. The predicted octanol–water partition coefficient (Wildman–Crippen LogP) is 4.31. The molecule has 0 amide bonds. The molecule has 0 saturated heterocycles. The minimum absolute atomic E-state index is 0. The Morgan fingerprint density at radius 1 is 0.769 bits per heavy atom. The Kier molecular flexibility index (Phi) is 22.1. The number of carbonyl (C=O) groups excluding carboxylic acids is 1. The fourth-order valence-corrected chi connectivity index (χ4v) is 3.57. The van der Waals surface area contributed by atoms with Crippen LogP contribution in [0.4, 0.5) is 0 Å². The number of hydrogen-bond acceptors (Lipinski definition) is 5. The molecule has 0 aromatic carbocycles. The van der Waals surface area contributed by atoms with Gasteiger partial charge < -0.3 is 9.92 Å². The summed E-state index contributed by atoms with van der Waals surface area (Å²) in [4.78, 5) is 11.4. The first-order valence-electron chi connectivity index (χ1n) is 10.2. The van der Waals surface area contributed by atoms with Crippen molar-refractivity contribution in [3.05, 3.63) is 0 Å². The third kappa shape index (κ3) is 20.7. The van der Waals surface area contributed by atoms with E-state index in [1.807, 2.05) is 0 Å². The standard InChI is InChI=1S/C19H39NO4S.Na/c1-2-3-4-5-6-7-8-9-10-11-12-13-14-15-16-19(21)24-25(22,23)18-17-20;/h2-18,20H2,1H3;. The van der Waals surface area contributed by atoms with Gasteiger partial charge in [0.25, 0.3) is 0 Å². The van der Waals surface area contributed by atoms with Crippen molar-refractivity contribution in [1.82, 2.24) is 0 Å². The Balaban J connectivity index is 0. The largest absolute Gasteiger partial charge is 0.346 e. The van der Waals surface area contributed by atoms with Crippen molar-refractivity contribution >= 4 is 45.6 Å². The van der Waals surface area contributed by atoms with E-state index in [0.29, 0.717) is 6.42 Å². The van der Waals surface area contributed by atoms with Crippen molar-refractivity contribution < 1.29 is 17.4 Å². The summed E-state index contributed by atoms with van der Waals surface area (Å²) in [6.07, 6.45) is 17.6. The van der Waals surface area contributed by atoms with E-state index in [4.69, 9.17) is 5.73 Å². The van der Waals surface area contributed by atoms with Gasteiger partial charge >= 0.3 is 16.1 Å². The average Bonchev–Trinajstić information content (AvgIpc) is 2.54. The van der Waals surface area contributed by atoms with E-state index in [0.717, 1.165) is 12.8 Å². The summed E-state index contributed by atoms with van der Waals surface area (Å²) in [5, 5.41) is 0. The van der Waals surface area contributed by atoms with E-state index >= 15 is 0 Å². The Labute approximate surface area is 183 Å². The minimum Gasteiger partial charge on any atom is -0.346 e. The van der Waals surface area contributed by atoms with Crippen LogP contribution in [0.1, 0.15) is 103 Å². The molecule has 0 unspecified atom stereocenters. The quantitative estimate of drug-likeness (QED) is 0.210. The van der Waals surface area contributed by atoms with E-state index in [1.165, 1.54) is 70.6 Å². The Hall–Kier alpha value is 0.380. The minimum atomic E-state index is -3.77. The first-order chi connectivity index (χ1) is 12.0. The Bertz CT molecular complexity index is 416. The normalized spacial score (nSPS) is 11.2. The summed E-state index contributed by atoms with van der Waals surface area (Å²) in [6, 6.07) is 0. The van der Waals surface area contributed by atoms with Crippen molar-refractivity contribution in [1.29, 1.82) is 0 Å². The van der Waals surface area contributed by atoms with Crippen LogP contribution in [0.3, 0.4) is 0 Å². The summed E-state index contributed by atoms with van der Waals surface area (Å²) >= 11 is 0. The van der Waals surface area contributed by atoms with Gasteiger partial charge in [0.2, 0.25) is 0 Å². The van der Waals surface area contributed by atoms with Crippen molar-refractivity contribution in [3.8, 4) is 0 Å². The molecule has 151 valence electrons. The molecular formula is C19H39NNaO4S. The molecule has 2 N–H and O–H groups in total. The zero-order chi connectivity index (χ0) is 18.8. The molecule has 0 heterocycles. The summed E-state index contributed by atoms with van der Waals surface area (Å²) in [7, 11) is -3.77. The molecule has 0 aliphatic carbocycles. The maximum absolute atomic E-state index is 11.4. The number of unbranched alkanes of at least 4 members (excludes halogenated alkanes) is 13. The third-order valence-electron chi connectivity index (χ3n) is 4.32. The van der Waals surface area contributed by atoms with Crippen LogP contribution in [0.5, 0.6) is 0 Å². The van der Waals surface area contributed by atoms with Gasteiger partial charge in [-0.1, -0.05) is 90.4 Å². The van der Waals surface area contributed by atoms with Crippen LogP contribution in [0, 0.1) is 0 Å². The molecule has 5 nitrogen and oxygen atoms in total. The molecule has 0 aromatic heterocycles. The van der Waals surface area contributed by atoms with Gasteiger partial charge in [0.05, 0.1) is 5.75 Å². The second-order valence-electron chi connectivity index (χ2n) is 6.85. The summed E-state index contributed by atoms with van der Waals surface area (Å²) in [5.74, 6) is -0.968. The molecule has 0 atom stereocenters. The van der Waals surface area contributed by atoms with Crippen LogP contribution in [0.2, 0.25) is 0 Å². The van der Waals surface area contributed by atoms with E-state index in [9.17, 15) is 13.2 Å². The van der Waals surface area contributed by atoms with Gasteiger partial charge in [-0.25, -0.2) is 0 Å². The Morgan fingerprint density at radius 3 is 1.54 bits per heavy atom. The van der Waals surface area contributed by atoms with E-state index in [1.54, 1.807) is 0 Å². The molecule has 0 saturated carbocycles. The van der Waals surface area contributed by atoms with Gasteiger partial charge in [0, 0.05) is 42.5 Å². The molecule has 0 aliphatic rings. The first kappa shape index (κ1) is 28.6. The molecule has 26 heavy (non-hydrogen) atoms. The fraction of sp³-hybridized carbons (Fsp3) is 0.947. The van der Waals surface area contributed by atoms with Crippen molar-refractivity contribution in [2.24, 2.45) is 5.73 Å². The molecular weight excluding hydrogens is 361 g/mol. The van der Waals surface area contributed by atoms with Crippen LogP contribution < -0.4 is 5.73 Å². The molecule has 0 aromatic rings. The van der Waals surface area contributed by atoms with Crippen LogP contribution in [0.15, 0.2) is 0 Å².